The second kappa shape index (κ2) is 4.39. The average Bonchev–Trinajstić information content (AvgIpc) is 3.18. The van der Waals surface area contributed by atoms with Gasteiger partial charge in [0.2, 0.25) is 0 Å². The van der Waals surface area contributed by atoms with Gasteiger partial charge in [0.05, 0.1) is 19.3 Å². The minimum absolute atomic E-state index is 0.346. The van der Waals surface area contributed by atoms with Crippen molar-refractivity contribution < 1.29 is 4.74 Å². The highest BCUT2D eigenvalue weighted by Crippen LogP contribution is 2.39. The molecule has 5 heteroatoms. The highest BCUT2D eigenvalue weighted by atomic mass is 16.5. The zero-order chi connectivity index (χ0) is 12.7. The van der Waals surface area contributed by atoms with Crippen LogP contribution >= 0.6 is 0 Å². The molecule has 2 heterocycles. The molecule has 3 rings (SSSR count). The Balaban J connectivity index is 1.98. The Morgan fingerprint density at radius 1 is 1.33 bits per heavy atom. The number of rotatable bonds is 2. The highest BCUT2D eigenvalue weighted by Gasteiger charge is 2.30. The van der Waals surface area contributed by atoms with Crippen LogP contribution < -0.4 is 10.6 Å². The van der Waals surface area contributed by atoms with Crippen molar-refractivity contribution in [2.75, 3.05) is 30.4 Å². The van der Waals surface area contributed by atoms with Crippen LogP contribution in [-0.4, -0.2) is 35.8 Å². The molecule has 0 spiro atoms. The third kappa shape index (κ3) is 2.03. The Kier molecular flexibility index (Phi) is 2.86. The monoisotopic (exact) mass is 248 g/mol. The number of hydrogen-bond acceptors (Lipinski definition) is 5. The molecule has 2 N–H and O–H groups in total. The van der Waals surface area contributed by atoms with E-state index in [2.05, 4.69) is 16.8 Å². The van der Waals surface area contributed by atoms with E-state index in [-0.39, 0.29) is 0 Å². The second-order valence-electron chi connectivity index (χ2n) is 5.31. The Morgan fingerprint density at radius 3 is 2.78 bits per heavy atom. The zero-order valence-corrected chi connectivity index (χ0v) is 11.0. The van der Waals surface area contributed by atoms with Crippen molar-refractivity contribution in [2.24, 2.45) is 0 Å². The molecule has 98 valence electrons. The first-order valence-electron chi connectivity index (χ1n) is 6.65. The number of aromatic nitrogens is 2. The minimum atomic E-state index is 0.346. The van der Waals surface area contributed by atoms with Gasteiger partial charge in [0.15, 0.2) is 0 Å². The molecule has 5 nitrogen and oxygen atoms in total. The number of nitrogen functional groups attached to an aromatic ring is 1. The molecule has 2 aliphatic rings. The van der Waals surface area contributed by atoms with Crippen molar-refractivity contribution in [1.82, 2.24) is 9.97 Å². The van der Waals surface area contributed by atoms with Crippen LogP contribution in [0.25, 0.3) is 0 Å². The number of nitrogens with two attached hydrogens (primary N) is 1. The van der Waals surface area contributed by atoms with E-state index in [1.807, 2.05) is 6.92 Å². The van der Waals surface area contributed by atoms with Gasteiger partial charge < -0.3 is 15.4 Å². The summed E-state index contributed by atoms with van der Waals surface area (Å²) in [5.41, 5.74) is 7.02. The van der Waals surface area contributed by atoms with E-state index in [1.54, 1.807) is 0 Å². The maximum atomic E-state index is 6.03. The summed E-state index contributed by atoms with van der Waals surface area (Å²) < 4.78 is 5.48. The van der Waals surface area contributed by atoms with Crippen molar-refractivity contribution in [2.45, 2.75) is 38.6 Å². The fraction of sp³-hybridized carbons (Fsp3) is 0.692. The largest absolute Gasteiger partial charge is 0.383 e. The van der Waals surface area contributed by atoms with Crippen LogP contribution in [0.5, 0.6) is 0 Å². The molecule has 1 aliphatic heterocycles. The summed E-state index contributed by atoms with van der Waals surface area (Å²) >= 11 is 0. The lowest BCUT2D eigenvalue weighted by Crippen LogP contribution is -2.44. The van der Waals surface area contributed by atoms with Crippen LogP contribution in [0.15, 0.2) is 0 Å². The lowest BCUT2D eigenvalue weighted by molar-refractivity contribution is 0.0984. The molecule has 1 saturated heterocycles. The predicted molar refractivity (Wildman–Crippen MR) is 70.8 cm³/mol. The van der Waals surface area contributed by atoms with Crippen LogP contribution in [0.3, 0.4) is 0 Å². The lowest BCUT2D eigenvalue weighted by Gasteiger charge is -2.35. The van der Waals surface area contributed by atoms with Gasteiger partial charge in [-0.15, -0.1) is 0 Å². The van der Waals surface area contributed by atoms with Crippen LogP contribution in [-0.2, 0) is 4.74 Å². The van der Waals surface area contributed by atoms with E-state index in [1.165, 1.54) is 12.8 Å². The van der Waals surface area contributed by atoms with Crippen molar-refractivity contribution in [3.63, 3.8) is 0 Å². The standard InChI is InChI=1S/C13H20N4O/c1-8-7-18-6-5-17(8)13-9(2)11(14)15-12(16-13)10-3-4-10/h8,10H,3-7H2,1-2H3,(H2,14,15,16). The maximum Gasteiger partial charge on any atom is 0.137 e. The van der Waals surface area contributed by atoms with Crippen molar-refractivity contribution in [3.05, 3.63) is 11.4 Å². The first-order chi connectivity index (χ1) is 8.66. The number of hydrogen-bond donors (Lipinski definition) is 1. The summed E-state index contributed by atoms with van der Waals surface area (Å²) in [6, 6.07) is 0.346. The molecule has 1 aromatic rings. The number of nitrogens with zero attached hydrogens (tertiary/aromatic N) is 3. The Hall–Kier alpha value is -1.36. The van der Waals surface area contributed by atoms with Gasteiger partial charge >= 0.3 is 0 Å². The summed E-state index contributed by atoms with van der Waals surface area (Å²) in [5, 5.41) is 0. The van der Waals surface area contributed by atoms with Crippen LogP contribution in [0, 0.1) is 6.92 Å². The number of ether oxygens (including phenoxy) is 1. The fourth-order valence-corrected chi connectivity index (χ4v) is 2.38. The van der Waals surface area contributed by atoms with E-state index in [0.29, 0.717) is 17.8 Å². The topological polar surface area (TPSA) is 64.3 Å². The van der Waals surface area contributed by atoms with Crippen LogP contribution in [0.1, 0.15) is 37.1 Å². The Labute approximate surface area is 107 Å². The maximum absolute atomic E-state index is 6.03. The van der Waals surface area contributed by atoms with Gasteiger partial charge in [-0.3, -0.25) is 0 Å². The van der Waals surface area contributed by atoms with Gasteiger partial charge in [0.25, 0.3) is 0 Å². The van der Waals surface area contributed by atoms with Gasteiger partial charge in [-0.25, -0.2) is 9.97 Å². The third-order valence-corrected chi connectivity index (χ3v) is 3.76. The molecule has 1 aliphatic carbocycles. The Morgan fingerprint density at radius 2 is 2.11 bits per heavy atom. The fourth-order valence-electron chi connectivity index (χ4n) is 2.38. The van der Waals surface area contributed by atoms with Crippen LogP contribution in [0.4, 0.5) is 11.6 Å². The summed E-state index contributed by atoms with van der Waals surface area (Å²) in [6.45, 7) is 6.55. The molecule has 1 unspecified atom stereocenters. The van der Waals surface area contributed by atoms with Gasteiger partial charge in [-0.05, 0) is 26.7 Å². The second-order valence-corrected chi connectivity index (χ2v) is 5.31. The van der Waals surface area contributed by atoms with Gasteiger partial charge in [0, 0.05) is 18.0 Å². The van der Waals surface area contributed by atoms with Crippen molar-refractivity contribution in [1.29, 1.82) is 0 Å². The molecule has 0 bridgehead atoms. The first kappa shape index (κ1) is 11.7. The van der Waals surface area contributed by atoms with E-state index < -0.39 is 0 Å². The zero-order valence-electron chi connectivity index (χ0n) is 11.0. The smallest absolute Gasteiger partial charge is 0.137 e. The van der Waals surface area contributed by atoms with Gasteiger partial charge in [-0.2, -0.15) is 0 Å². The average molecular weight is 248 g/mol. The molecule has 18 heavy (non-hydrogen) atoms. The van der Waals surface area contributed by atoms with Gasteiger partial charge in [-0.1, -0.05) is 0 Å². The summed E-state index contributed by atoms with van der Waals surface area (Å²) in [6.07, 6.45) is 2.39. The first-order valence-corrected chi connectivity index (χ1v) is 6.65. The molecule has 1 saturated carbocycles. The molecule has 1 atom stereocenters. The minimum Gasteiger partial charge on any atom is -0.383 e. The highest BCUT2D eigenvalue weighted by molar-refractivity contribution is 5.57. The van der Waals surface area contributed by atoms with E-state index in [9.17, 15) is 0 Å². The molecule has 2 fully saturated rings. The molecular formula is C13H20N4O. The van der Waals surface area contributed by atoms with E-state index in [0.717, 1.165) is 37.0 Å². The molecule has 0 amide bonds. The summed E-state index contributed by atoms with van der Waals surface area (Å²) in [7, 11) is 0. The summed E-state index contributed by atoms with van der Waals surface area (Å²) in [4.78, 5) is 11.5. The van der Waals surface area contributed by atoms with Crippen molar-refractivity contribution >= 4 is 11.6 Å². The SMILES string of the molecule is Cc1c(N)nc(C2CC2)nc1N1CCOCC1C. The van der Waals surface area contributed by atoms with Crippen LogP contribution in [0.2, 0.25) is 0 Å². The molecule has 0 radical (unpaired) electrons. The van der Waals surface area contributed by atoms with E-state index in [4.69, 9.17) is 15.5 Å². The molecular weight excluding hydrogens is 228 g/mol. The Bertz CT molecular complexity index is 459. The lowest BCUT2D eigenvalue weighted by atomic mass is 10.2. The third-order valence-electron chi connectivity index (χ3n) is 3.76. The quantitative estimate of drug-likeness (QED) is 0.858. The molecule has 0 aromatic carbocycles. The molecule has 1 aromatic heterocycles. The van der Waals surface area contributed by atoms with E-state index >= 15 is 0 Å². The van der Waals surface area contributed by atoms with Crippen molar-refractivity contribution in [3.8, 4) is 0 Å². The summed E-state index contributed by atoms with van der Waals surface area (Å²) in [5.74, 6) is 3.08. The predicted octanol–water partition coefficient (Wildman–Crippen LogP) is 1.47. The number of anilines is 2. The number of morpholine rings is 1. The van der Waals surface area contributed by atoms with Gasteiger partial charge in [0.1, 0.15) is 17.5 Å². The normalized spacial score (nSPS) is 24.3.